The third kappa shape index (κ3) is 2.91. The first-order valence-corrected chi connectivity index (χ1v) is 6.36. The highest BCUT2D eigenvalue weighted by atomic mass is 79.9. The molecular formula is C11H17BrN2O. The molecule has 0 N–H and O–H groups in total. The summed E-state index contributed by atoms with van der Waals surface area (Å²) in [6.07, 6.45) is 5.25. The summed E-state index contributed by atoms with van der Waals surface area (Å²) in [6, 6.07) is 1.50. The van der Waals surface area contributed by atoms with E-state index in [2.05, 4.69) is 34.8 Å². The van der Waals surface area contributed by atoms with Gasteiger partial charge in [-0.3, -0.25) is 9.36 Å². The van der Waals surface area contributed by atoms with E-state index in [0.29, 0.717) is 0 Å². The van der Waals surface area contributed by atoms with Gasteiger partial charge in [0.25, 0.3) is 5.56 Å². The highest BCUT2D eigenvalue weighted by Crippen LogP contribution is 2.30. The number of hydrogen-bond acceptors (Lipinski definition) is 2. The molecule has 0 aliphatic carbocycles. The molecule has 0 atom stereocenters. The normalized spacial score (nSPS) is 11.7. The van der Waals surface area contributed by atoms with Crippen LogP contribution in [-0.2, 0) is 6.54 Å². The lowest BCUT2D eigenvalue weighted by Gasteiger charge is -2.29. The molecule has 1 heterocycles. The maximum atomic E-state index is 11.6. The van der Waals surface area contributed by atoms with Gasteiger partial charge >= 0.3 is 0 Å². The molecule has 4 heteroatoms. The van der Waals surface area contributed by atoms with Crippen molar-refractivity contribution in [2.75, 3.05) is 5.33 Å². The van der Waals surface area contributed by atoms with Crippen molar-refractivity contribution in [3.8, 4) is 0 Å². The van der Waals surface area contributed by atoms with Crippen LogP contribution in [0.3, 0.4) is 0 Å². The zero-order valence-electron chi connectivity index (χ0n) is 9.24. The topological polar surface area (TPSA) is 34.9 Å². The van der Waals surface area contributed by atoms with Crippen molar-refractivity contribution in [1.29, 1.82) is 0 Å². The molecule has 0 spiro atoms. The Hall–Kier alpha value is -0.640. The molecule has 1 aromatic heterocycles. The van der Waals surface area contributed by atoms with Crippen LogP contribution in [0.4, 0.5) is 0 Å². The fraction of sp³-hybridized carbons (Fsp3) is 0.636. The van der Waals surface area contributed by atoms with Gasteiger partial charge in [-0.05, 0) is 18.3 Å². The highest BCUT2D eigenvalue weighted by molar-refractivity contribution is 9.09. The van der Waals surface area contributed by atoms with Gasteiger partial charge in [-0.1, -0.05) is 29.8 Å². The van der Waals surface area contributed by atoms with Crippen molar-refractivity contribution < 1.29 is 0 Å². The predicted octanol–water partition coefficient (Wildman–Crippen LogP) is 2.44. The van der Waals surface area contributed by atoms with Crippen LogP contribution in [0.2, 0.25) is 0 Å². The molecule has 3 nitrogen and oxygen atoms in total. The zero-order valence-corrected chi connectivity index (χ0v) is 10.8. The first kappa shape index (κ1) is 12.4. The quantitative estimate of drug-likeness (QED) is 0.772. The molecule has 0 fully saturated rings. The molecule has 0 aliphatic heterocycles. The number of rotatable bonds is 5. The van der Waals surface area contributed by atoms with Crippen molar-refractivity contribution >= 4 is 15.9 Å². The third-order valence-corrected chi connectivity index (χ3v) is 4.27. The lowest BCUT2D eigenvalue weighted by molar-refractivity contribution is 0.255. The van der Waals surface area contributed by atoms with E-state index < -0.39 is 0 Å². The summed E-state index contributed by atoms with van der Waals surface area (Å²) in [7, 11) is 0. The average molecular weight is 273 g/mol. The van der Waals surface area contributed by atoms with Crippen LogP contribution in [-0.4, -0.2) is 14.9 Å². The van der Waals surface area contributed by atoms with Crippen molar-refractivity contribution in [2.24, 2.45) is 5.41 Å². The number of alkyl halides is 1. The Morgan fingerprint density at radius 3 is 2.60 bits per heavy atom. The summed E-state index contributed by atoms with van der Waals surface area (Å²) in [5.74, 6) is 0. The van der Waals surface area contributed by atoms with Crippen LogP contribution < -0.4 is 5.56 Å². The summed E-state index contributed by atoms with van der Waals surface area (Å²) in [6.45, 7) is 5.05. The second kappa shape index (κ2) is 5.45. The minimum Gasteiger partial charge on any atom is -0.299 e. The molecule has 15 heavy (non-hydrogen) atoms. The fourth-order valence-corrected chi connectivity index (χ4v) is 2.53. The van der Waals surface area contributed by atoms with Gasteiger partial charge in [0.1, 0.15) is 0 Å². The summed E-state index contributed by atoms with van der Waals surface area (Å²) in [5.41, 5.74) is 0.185. The van der Waals surface area contributed by atoms with Gasteiger partial charge < -0.3 is 0 Å². The van der Waals surface area contributed by atoms with Crippen LogP contribution in [0.15, 0.2) is 23.4 Å². The van der Waals surface area contributed by atoms with Gasteiger partial charge in [0.2, 0.25) is 0 Å². The van der Waals surface area contributed by atoms with E-state index in [-0.39, 0.29) is 11.0 Å². The molecule has 0 unspecified atom stereocenters. The first-order valence-electron chi connectivity index (χ1n) is 5.24. The predicted molar refractivity (Wildman–Crippen MR) is 65.3 cm³/mol. The number of halogens is 1. The van der Waals surface area contributed by atoms with E-state index >= 15 is 0 Å². The van der Waals surface area contributed by atoms with Gasteiger partial charge in [-0.25, -0.2) is 4.98 Å². The van der Waals surface area contributed by atoms with Gasteiger partial charge in [0, 0.05) is 24.1 Å². The van der Waals surface area contributed by atoms with Crippen LogP contribution in [0.25, 0.3) is 0 Å². The molecule has 0 aromatic carbocycles. The molecule has 84 valence electrons. The second-order valence-electron chi connectivity index (χ2n) is 3.89. The summed E-state index contributed by atoms with van der Waals surface area (Å²) in [5, 5.41) is 0.911. The molecule has 0 bridgehead atoms. The standard InChI is InChI=1S/C11H17BrN2O/c1-3-11(4-2,7-12)8-14-9-13-6-5-10(14)15/h5-6,9H,3-4,7-8H2,1-2H3. The summed E-state index contributed by atoms with van der Waals surface area (Å²) >= 11 is 3.54. The van der Waals surface area contributed by atoms with E-state index in [1.165, 1.54) is 12.3 Å². The Bertz CT molecular complexity index is 349. The summed E-state index contributed by atoms with van der Waals surface area (Å²) in [4.78, 5) is 15.5. The maximum Gasteiger partial charge on any atom is 0.253 e. The van der Waals surface area contributed by atoms with Crippen LogP contribution in [0, 0.1) is 5.41 Å². The van der Waals surface area contributed by atoms with E-state index in [1.54, 1.807) is 10.9 Å². The van der Waals surface area contributed by atoms with E-state index in [1.807, 2.05) is 0 Å². The lowest BCUT2D eigenvalue weighted by Crippen LogP contribution is -2.32. The molecule has 0 amide bonds. The number of nitrogens with zero attached hydrogens (tertiary/aromatic N) is 2. The maximum absolute atomic E-state index is 11.6. The smallest absolute Gasteiger partial charge is 0.253 e. The van der Waals surface area contributed by atoms with Crippen molar-refractivity contribution in [3.63, 3.8) is 0 Å². The Kier molecular flexibility index (Phi) is 4.51. The van der Waals surface area contributed by atoms with Crippen LogP contribution in [0.5, 0.6) is 0 Å². The second-order valence-corrected chi connectivity index (χ2v) is 4.45. The molecule has 1 aromatic rings. The highest BCUT2D eigenvalue weighted by Gasteiger charge is 2.25. The molecule has 0 aliphatic rings. The molecule has 0 saturated carbocycles. The van der Waals surface area contributed by atoms with Crippen molar-refractivity contribution in [2.45, 2.75) is 33.2 Å². The molecule has 0 saturated heterocycles. The average Bonchev–Trinajstić information content (AvgIpc) is 2.29. The molecule has 0 radical (unpaired) electrons. The van der Waals surface area contributed by atoms with Crippen LogP contribution in [0.1, 0.15) is 26.7 Å². The minimum absolute atomic E-state index is 0.0252. The Labute approximate surface area is 98.7 Å². The van der Waals surface area contributed by atoms with E-state index in [9.17, 15) is 4.79 Å². The van der Waals surface area contributed by atoms with Gasteiger partial charge in [-0.2, -0.15) is 0 Å². The van der Waals surface area contributed by atoms with Gasteiger partial charge in [-0.15, -0.1) is 0 Å². The molecule has 1 rings (SSSR count). The van der Waals surface area contributed by atoms with E-state index in [4.69, 9.17) is 0 Å². The van der Waals surface area contributed by atoms with Crippen LogP contribution >= 0.6 is 15.9 Å². The number of aromatic nitrogens is 2. The monoisotopic (exact) mass is 272 g/mol. The van der Waals surface area contributed by atoms with Crippen molar-refractivity contribution in [1.82, 2.24) is 9.55 Å². The van der Waals surface area contributed by atoms with Crippen molar-refractivity contribution in [3.05, 3.63) is 28.9 Å². The Balaban J connectivity index is 2.93. The molecular weight excluding hydrogens is 256 g/mol. The Morgan fingerprint density at radius 2 is 2.13 bits per heavy atom. The Morgan fingerprint density at radius 1 is 1.47 bits per heavy atom. The zero-order chi connectivity index (χ0) is 11.3. The SMILES string of the molecule is CCC(CC)(CBr)Cn1cnccc1=O. The van der Waals surface area contributed by atoms with Gasteiger partial charge in [0.15, 0.2) is 0 Å². The third-order valence-electron chi connectivity index (χ3n) is 3.08. The van der Waals surface area contributed by atoms with Gasteiger partial charge in [0.05, 0.1) is 6.33 Å². The first-order chi connectivity index (χ1) is 7.17. The summed E-state index contributed by atoms with van der Waals surface area (Å²) < 4.78 is 1.69. The lowest BCUT2D eigenvalue weighted by atomic mass is 9.84. The van der Waals surface area contributed by atoms with E-state index in [0.717, 1.165) is 24.7 Å². The largest absolute Gasteiger partial charge is 0.299 e. The minimum atomic E-state index is 0.0252. The fourth-order valence-electron chi connectivity index (χ4n) is 1.56. The number of hydrogen-bond donors (Lipinski definition) is 0.